The van der Waals surface area contributed by atoms with Crippen molar-refractivity contribution in [3.05, 3.63) is 76.9 Å². The van der Waals surface area contributed by atoms with Gasteiger partial charge in [-0.1, -0.05) is 0 Å². The summed E-state index contributed by atoms with van der Waals surface area (Å²) in [7, 11) is -3.33. The lowest BCUT2D eigenvalue weighted by Gasteiger charge is -2.15. The molecule has 0 aliphatic heterocycles. The molecule has 31 heavy (non-hydrogen) atoms. The molecule has 0 aliphatic carbocycles. The van der Waals surface area contributed by atoms with Crippen molar-refractivity contribution in [1.82, 2.24) is 4.57 Å². The Hall–Kier alpha value is -2.97. The minimum Gasteiger partial charge on any atom is -0.393 e. The molecule has 2 N–H and O–H groups in total. The summed E-state index contributed by atoms with van der Waals surface area (Å²) < 4.78 is 38.7. The third kappa shape index (κ3) is 5.03. The molecule has 1 unspecified atom stereocenters. The third-order valence-corrected chi connectivity index (χ3v) is 6.14. The molecule has 1 amide bonds. The number of aromatic nitrogens is 1. The number of anilines is 1. The number of hydrogen-bond donors (Lipinski definition) is 2. The van der Waals surface area contributed by atoms with Gasteiger partial charge in [-0.2, -0.15) is 0 Å². The number of hydrogen-bond acceptors (Lipinski definition) is 4. The molecular weight excluding hydrogens is 419 g/mol. The van der Waals surface area contributed by atoms with Gasteiger partial charge in [0.2, 0.25) is 0 Å². The lowest BCUT2D eigenvalue weighted by atomic mass is 10.1. The molecule has 0 radical (unpaired) electrons. The summed E-state index contributed by atoms with van der Waals surface area (Å²) in [4.78, 5) is 13.1. The molecule has 1 aromatic heterocycles. The van der Waals surface area contributed by atoms with E-state index >= 15 is 0 Å². The number of amides is 1. The Morgan fingerprint density at radius 3 is 2.32 bits per heavy atom. The Balaban J connectivity index is 1.99. The van der Waals surface area contributed by atoms with Crippen LogP contribution in [0.5, 0.6) is 0 Å². The van der Waals surface area contributed by atoms with Crippen molar-refractivity contribution in [2.75, 3.05) is 11.6 Å². The molecule has 0 saturated heterocycles. The Morgan fingerprint density at radius 1 is 1.13 bits per heavy atom. The van der Waals surface area contributed by atoms with Crippen molar-refractivity contribution in [3.8, 4) is 5.69 Å². The van der Waals surface area contributed by atoms with Gasteiger partial charge in [-0.25, -0.2) is 12.8 Å². The van der Waals surface area contributed by atoms with Gasteiger partial charge in [-0.15, -0.1) is 0 Å². The van der Waals surface area contributed by atoms with Gasteiger partial charge in [0.05, 0.1) is 16.6 Å². The van der Waals surface area contributed by atoms with Gasteiger partial charge in [0, 0.05) is 35.4 Å². The maximum Gasteiger partial charge on any atom is 0.257 e. The zero-order valence-electron chi connectivity index (χ0n) is 17.8. The smallest absolute Gasteiger partial charge is 0.257 e. The Kier molecular flexibility index (Phi) is 6.33. The highest BCUT2D eigenvalue weighted by atomic mass is 32.2. The maximum absolute atomic E-state index is 13.6. The van der Waals surface area contributed by atoms with Gasteiger partial charge in [0.25, 0.3) is 5.91 Å². The fraction of sp³-hybridized carbons (Fsp3) is 0.261. The number of aliphatic hydroxyl groups excluding tert-OH is 1. The second-order valence-electron chi connectivity index (χ2n) is 7.70. The van der Waals surface area contributed by atoms with E-state index in [4.69, 9.17) is 0 Å². The number of nitrogens with zero attached hydrogens (tertiary/aromatic N) is 1. The van der Waals surface area contributed by atoms with E-state index in [0.29, 0.717) is 28.9 Å². The van der Waals surface area contributed by atoms with Gasteiger partial charge >= 0.3 is 0 Å². The number of carbonyl (C=O) groups is 1. The summed E-state index contributed by atoms with van der Waals surface area (Å²) in [5.74, 6) is -0.714. The second kappa shape index (κ2) is 8.64. The fourth-order valence-electron chi connectivity index (χ4n) is 3.54. The highest BCUT2D eigenvalue weighted by molar-refractivity contribution is 7.90. The quantitative estimate of drug-likeness (QED) is 0.605. The number of nitrogens with one attached hydrogen (secondary N) is 1. The number of halogens is 1. The topological polar surface area (TPSA) is 88.4 Å². The molecule has 2 aromatic carbocycles. The Bertz CT molecular complexity index is 1230. The van der Waals surface area contributed by atoms with Crippen LogP contribution in [0.25, 0.3) is 5.69 Å². The van der Waals surface area contributed by atoms with Crippen LogP contribution in [0.4, 0.5) is 10.1 Å². The first-order valence-corrected chi connectivity index (χ1v) is 11.6. The van der Waals surface area contributed by atoms with Crippen molar-refractivity contribution in [3.63, 3.8) is 0 Å². The Labute approximate surface area is 181 Å². The first kappa shape index (κ1) is 22.7. The van der Waals surface area contributed by atoms with Crippen LogP contribution in [0.2, 0.25) is 0 Å². The number of rotatable bonds is 6. The van der Waals surface area contributed by atoms with E-state index < -0.39 is 15.9 Å². The summed E-state index contributed by atoms with van der Waals surface area (Å²) >= 11 is 0. The van der Waals surface area contributed by atoms with E-state index in [2.05, 4.69) is 5.32 Å². The predicted octanol–water partition coefficient (Wildman–Crippen LogP) is 3.81. The first-order chi connectivity index (χ1) is 14.5. The molecule has 1 atom stereocenters. The van der Waals surface area contributed by atoms with Crippen LogP contribution in [-0.4, -0.2) is 36.4 Å². The molecule has 0 spiro atoms. The molecule has 3 rings (SSSR count). The van der Waals surface area contributed by atoms with Crippen LogP contribution in [-0.2, 0) is 16.3 Å². The monoisotopic (exact) mass is 444 g/mol. The summed E-state index contributed by atoms with van der Waals surface area (Å²) in [6.45, 7) is 5.23. The van der Waals surface area contributed by atoms with Gasteiger partial charge < -0.3 is 15.0 Å². The van der Waals surface area contributed by atoms with Gasteiger partial charge in [-0.05, 0) is 74.9 Å². The standard InChI is InChI=1S/C23H25FN2O4S/c1-14-11-17(24)5-10-22(14)26-16(3)21(13-19(26)12-15(2)27)23(28)25-18-6-8-20(9-7-18)31(4,29)30/h5-11,13,15,27H,12H2,1-4H3,(H,25,28). The molecule has 1 heterocycles. The average Bonchev–Trinajstić information content (AvgIpc) is 2.97. The number of sulfone groups is 1. The molecule has 0 saturated carbocycles. The minimum absolute atomic E-state index is 0.166. The van der Waals surface area contributed by atoms with Crippen molar-refractivity contribution in [1.29, 1.82) is 0 Å². The third-order valence-electron chi connectivity index (χ3n) is 5.01. The van der Waals surface area contributed by atoms with Crippen LogP contribution < -0.4 is 5.32 Å². The predicted molar refractivity (Wildman–Crippen MR) is 118 cm³/mol. The van der Waals surface area contributed by atoms with Crippen LogP contribution in [0, 0.1) is 19.7 Å². The van der Waals surface area contributed by atoms with E-state index in [0.717, 1.165) is 17.6 Å². The molecule has 164 valence electrons. The largest absolute Gasteiger partial charge is 0.393 e. The van der Waals surface area contributed by atoms with Crippen LogP contribution in [0.15, 0.2) is 53.4 Å². The highest BCUT2D eigenvalue weighted by Gasteiger charge is 2.21. The van der Waals surface area contributed by atoms with Crippen LogP contribution >= 0.6 is 0 Å². The van der Waals surface area contributed by atoms with Crippen molar-refractivity contribution >= 4 is 21.4 Å². The fourth-order valence-corrected chi connectivity index (χ4v) is 4.17. The van der Waals surface area contributed by atoms with Crippen molar-refractivity contribution < 1.29 is 22.7 Å². The molecule has 0 bridgehead atoms. The van der Waals surface area contributed by atoms with Gasteiger partial charge in [0.15, 0.2) is 9.84 Å². The summed E-state index contributed by atoms with van der Waals surface area (Å²) in [5, 5.41) is 12.7. The normalized spacial score (nSPS) is 12.6. The second-order valence-corrected chi connectivity index (χ2v) is 9.72. The van der Waals surface area contributed by atoms with E-state index in [1.165, 1.54) is 36.4 Å². The van der Waals surface area contributed by atoms with Gasteiger partial charge in [-0.3, -0.25) is 4.79 Å². The molecule has 3 aromatic rings. The lowest BCUT2D eigenvalue weighted by Crippen LogP contribution is -2.13. The Morgan fingerprint density at radius 2 is 1.77 bits per heavy atom. The van der Waals surface area contributed by atoms with Crippen LogP contribution in [0.3, 0.4) is 0 Å². The number of aryl methyl sites for hydroxylation is 1. The lowest BCUT2D eigenvalue weighted by molar-refractivity contribution is 0.102. The highest BCUT2D eigenvalue weighted by Crippen LogP contribution is 2.26. The molecule has 0 fully saturated rings. The zero-order valence-corrected chi connectivity index (χ0v) is 18.6. The molecule has 6 nitrogen and oxygen atoms in total. The summed E-state index contributed by atoms with van der Waals surface area (Å²) in [6.07, 6.45) is 0.801. The van der Waals surface area contributed by atoms with E-state index in [1.807, 2.05) is 4.57 Å². The van der Waals surface area contributed by atoms with Crippen LogP contribution in [0.1, 0.15) is 34.2 Å². The SMILES string of the molecule is Cc1cc(F)ccc1-n1c(CC(C)O)cc(C(=O)Nc2ccc(S(C)(=O)=O)cc2)c1C. The van der Waals surface area contributed by atoms with E-state index in [1.54, 1.807) is 32.9 Å². The van der Waals surface area contributed by atoms with E-state index in [9.17, 15) is 22.7 Å². The number of carbonyl (C=O) groups excluding carboxylic acids is 1. The minimum atomic E-state index is -3.33. The summed E-state index contributed by atoms with van der Waals surface area (Å²) in [5.41, 5.74) is 3.67. The zero-order chi connectivity index (χ0) is 22.9. The number of aliphatic hydroxyl groups is 1. The molecular formula is C23H25FN2O4S. The number of benzene rings is 2. The first-order valence-electron chi connectivity index (χ1n) is 9.74. The van der Waals surface area contributed by atoms with Gasteiger partial charge in [0.1, 0.15) is 5.82 Å². The molecule has 8 heteroatoms. The molecule has 0 aliphatic rings. The summed E-state index contributed by atoms with van der Waals surface area (Å²) in [6, 6.07) is 12.1. The van der Waals surface area contributed by atoms with Crippen molar-refractivity contribution in [2.45, 2.75) is 38.2 Å². The average molecular weight is 445 g/mol. The van der Waals surface area contributed by atoms with E-state index in [-0.39, 0.29) is 16.6 Å². The van der Waals surface area contributed by atoms with Crippen molar-refractivity contribution in [2.24, 2.45) is 0 Å². The maximum atomic E-state index is 13.6.